The fraction of sp³-hybridized carbons (Fsp3) is 0.400. The van der Waals surface area contributed by atoms with Gasteiger partial charge in [-0.1, -0.05) is 0 Å². The quantitative estimate of drug-likeness (QED) is 0.606. The average molecular weight is 319 g/mol. The van der Waals surface area contributed by atoms with Crippen LogP contribution < -0.4 is 4.74 Å². The summed E-state index contributed by atoms with van der Waals surface area (Å²) in [5, 5.41) is 14.0. The SMILES string of the molecule is COc1cc2c(cc1I)CCC2.O[B]O. The maximum absolute atomic E-state index is 7.00. The van der Waals surface area contributed by atoms with E-state index < -0.39 is 0 Å². The zero-order valence-corrected chi connectivity index (χ0v) is 10.7. The van der Waals surface area contributed by atoms with Gasteiger partial charge in [-0.25, -0.2) is 0 Å². The van der Waals surface area contributed by atoms with E-state index in [0.29, 0.717) is 0 Å². The van der Waals surface area contributed by atoms with Gasteiger partial charge in [0, 0.05) is 0 Å². The molecule has 0 atom stereocenters. The zero-order chi connectivity index (χ0) is 11.3. The minimum Gasteiger partial charge on any atom is -0.496 e. The Morgan fingerprint density at radius 2 is 1.80 bits per heavy atom. The highest BCUT2D eigenvalue weighted by Crippen LogP contribution is 2.30. The normalized spacial score (nSPS) is 12.5. The molecule has 1 aromatic carbocycles. The fourth-order valence-corrected chi connectivity index (χ4v) is 2.48. The van der Waals surface area contributed by atoms with Crippen molar-refractivity contribution in [2.45, 2.75) is 19.3 Å². The van der Waals surface area contributed by atoms with Crippen LogP contribution in [0.15, 0.2) is 12.1 Å². The van der Waals surface area contributed by atoms with Crippen LogP contribution in [0.5, 0.6) is 5.75 Å². The Bertz CT molecular complexity index is 330. The van der Waals surface area contributed by atoms with Gasteiger partial charge in [0.2, 0.25) is 0 Å². The van der Waals surface area contributed by atoms with Crippen molar-refractivity contribution in [2.75, 3.05) is 7.11 Å². The molecule has 0 bridgehead atoms. The predicted molar refractivity (Wildman–Crippen MR) is 67.9 cm³/mol. The van der Waals surface area contributed by atoms with Gasteiger partial charge >= 0.3 is 7.69 Å². The highest BCUT2D eigenvalue weighted by molar-refractivity contribution is 14.1. The number of aryl methyl sites for hydroxylation is 2. The van der Waals surface area contributed by atoms with E-state index in [9.17, 15) is 0 Å². The average Bonchev–Trinajstić information content (AvgIpc) is 2.64. The summed E-state index contributed by atoms with van der Waals surface area (Å²) in [7, 11) is 1.73. The molecule has 1 aliphatic carbocycles. The van der Waals surface area contributed by atoms with Crippen molar-refractivity contribution in [1.29, 1.82) is 0 Å². The third-order valence-corrected chi connectivity index (χ3v) is 3.21. The molecule has 0 heterocycles. The van der Waals surface area contributed by atoms with Gasteiger partial charge in [-0.05, 0) is 65.1 Å². The van der Waals surface area contributed by atoms with Gasteiger partial charge in [-0.15, -0.1) is 0 Å². The van der Waals surface area contributed by atoms with E-state index >= 15 is 0 Å². The number of rotatable bonds is 1. The summed E-state index contributed by atoms with van der Waals surface area (Å²) in [6, 6.07) is 4.44. The maximum Gasteiger partial charge on any atom is 0.482 e. The lowest BCUT2D eigenvalue weighted by Crippen LogP contribution is -1.90. The fourth-order valence-electron chi connectivity index (χ4n) is 1.73. The molecule has 1 radical (unpaired) electrons. The van der Waals surface area contributed by atoms with Crippen molar-refractivity contribution < 1.29 is 14.8 Å². The molecule has 1 aromatic rings. The number of halogens is 1. The van der Waals surface area contributed by atoms with Crippen LogP contribution in [-0.2, 0) is 12.8 Å². The van der Waals surface area contributed by atoms with Gasteiger partial charge in [0.25, 0.3) is 0 Å². The first kappa shape index (κ1) is 12.8. The summed E-state index contributed by atoms with van der Waals surface area (Å²) in [6.45, 7) is 0. The number of methoxy groups -OCH3 is 1. The third-order valence-electron chi connectivity index (χ3n) is 2.37. The van der Waals surface area contributed by atoms with E-state index in [-0.39, 0.29) is 7.69 Å². The molecule has 2 rings (SSSR count). The molecule has 15 heavy (non-hydrogen) atoms. The molecular weight excluding hydrogens is 306 g/mol. The van der Waals surface area contributed by atoms with E-state index in [4.69, 9.17) is 14.8 Å². The summed E-state index contributed by atoms with van der Waals surface area (Å²) in [5.41, 5.74) is 2.99. The van der Waals surface area contributed by atoms with Crippen molar-refractivity contribution >= 4 is 30.3 Å². The molecule has 2 N–H and O–H groups in total. The third kappa shape index (κ3) is 3.36. The number of hydrogen-bond donors (Lipinski definition) is 2. The van der Waals surface area contributed by atoms with Crippen molar-refractivity contribution in [3.63, 3.8) is 0 Å². The van der Waals surface area contributed by atoms with Gasteiger partial charge < -0.3 is 14.8 Å². The highest BCUT2D eigenvalue weighted by Gasteiger charge is 2.13. The topological polar surface area (TPSA) is 49.7 Å². The standard InChI is InChI=1S/C10H11IO.BH2O2/c1-12-10-6-8-4-2-3-7(8)5-9(10)11;2-1-3/h5-6H,2-4H2,1H3;2-3H. The minimum absolute atomic E-state index is 0. The van der Waals surface area contributed by atoms with E-state index in [0.717, 1.165) is 5.75 Å². The second kappa shape index (κ2) is 6.35. The van der Waals surface area contributed by atoms with Gasteiger partial charge in [0.1, 0.15) is 5.75 Å². The van der Waals surface area contributed by atoms with Crippen molar-refractivity contribution in [2.24, 2.45) is 0 Å². The number of fused-ring (bicyclic) bond motifs is 1. The Balaban J connectivity index is 0.000000337. The summed E-state index contributed by atoms with van der Waals surface area (Å²) in [6.07, 6.45) is 3.77. The summed E-state index contributed by atoms with van der Waals surface area (Å²) in [4.78, 5) is 0. The second-order valence-corrected chi connectivity index (χ2v) is 4.39. The molecule has 81 valence electrons. The largest absolute Gasteiger partial charge is 0.496 e. The molecule has 0 aromatic heterocycles. The molecule has 0 aliphatic heterocycles. The van der Waals surface area contributed by atoms with E-state index in [1.807, 2.05) is 0 Å². The van der Waals surface area contributed by atoms with Gasteiger partial charge in [0.15, 0.2) is 0 Å². The van der Waals surface area contributed by atoms with Crippen LogP contribution in [-0.4, -0.2) is 24.8 Å². The molecule has 5 heteroatoms. The first-order valence-electron chi connectivity index (χ1n) is 4.68. The van der Waals surface area contributed by atoms with E-state index in [1.165, 1.54) is 34.0 Å². The number of benzene rings is 1. The van der Waals surface area contributed by atoms with Gasteiger partial charge in [-0.3, -0.25) is 0 Å². The number of hydrogen-bond acceptors (Lipinski definition) is 3. The summed E-state index contributed by atoms with van der Waals surface area (Å²) >= 11 is 2.33. The molecular formula is C10H13BIO3. The Morgan fingerprint density at radius 1 is 1.27 bits per heavy atom. The molecule has 0 unspecified atom stereocenters. The first-order valence-corrected chi connectivity index (χ1v) is 5.76. The molecule has 0 fully saturated rings. The van der Waals surface area contributed by atoms with Crippen LogP contribution in [0, 0.1) is 3.57 Å². The van der Waals surface area contributed by atoms with E-state index in [1.54, 1.807) is 7.11 Å². The zero-order valence-electron chi connectivity index (χ0n) is 8.53. The molecule has 3 nitrogen and oxygen atoms in total. The molecule has 0 saturated carbocycles. The Kier molecular flexibility index (Phi) is 5.42. The van der Waals surface area contributed by atoms with Crippen LogP contribution in [0.4, 0.5) is 0 Å². The maximum atomic E-state index is 7.00. The highest BCUT2D eigenvalue weighted by atomic mass is 127. The Hall–Kier alpha value is -0.265. The Morgan fingerprint density at radius 3 is 2.33 bits per heavy atom. The molecule has 0 spiro atoms. The first-order chi connectivity index (χ1) is 7.22. The lowest BCUT2D eigenvalue weighted by Gasteiger charge is -2.06. The van der Waals surface area contributed by atoms with Crippen LogP contribution in [0.1, 0.15) is 17.5 Å². The van der Waals surface area contributed by atoms with E-state index in [2.05, 4.69) is 34.7 Å². The van der Waals surface area contributed by atoms with Crippen LogP contribution in [0.25, 0.3) is 0 Å². The monoisotopic (exact) mass is 319 g/mol. The van der Waals surface area contributed by atoms with Crippen molar-refractivity contribution in [1.82, 2.24) is 0 Å². The minimum atomic E-state index is 0. The van der Waals surface area contributed by atoms with Crippen molar-refractivity contribution in [3.8, 4) is 5.75 Å². The number of ether oxygens (including phenoxy) is 1. The lowest BCUT2D eigenvalue weighted by atomic mass is 10.1. The van der Waals surface area contributed by atoms with Crippen LogP contribution in [0.3, 0.4) is 0 Å². The molecule has 1 aliphatic rings. The second-order valence-electron chi connectivity index (χ2n) is 3.22. The van der Waals surface area contributed by atoms with Crippen LogP contribution in [0.2, 0.25) is 0 Å². The lowest BCUT2D eigenvalue weighted by molar-refractivity contribution is 0.411. The van der Waals surface area contributed by atoms with Gasteiger partial charge in [0.05, 0.1) is 10.7 Å². The van der Waals surface area contributed by atoms with Crippen molar-refractivity contribution in [3.05, 3.63) is 26.8 Å². The summed E-state index contributed by atoms with van der Waals surface area (Å²) in [5.74, 6) is 1.02. The van der Waals surface area contributed by atoms with Gasteiger partial charge in [-0.2, -0.15) is 0 Å². The Labute approximate surface area is 104 Å². The molecule has 0 saturated heterocycles. The molecule has 0 amide bonds. The van der Waals surface area contributed by atoms with Crippen LogP contribution >= 0.6 is 22.6 Å². The predicted octanol–water partition coefficient (Wildman–Crippen LogP) is 1.29. The smallest absolute Gasteiger partial charge is 0.482 e. The summed E-state index contributed by atoms with van der Waals surface area (Å²) < 4.78 is 6.49.